The van der Waals surface area contributed by atoms with Gasteiger partial charge in [-0.25, -0.2) is 9.18 Å². The second-order valence-electron chi connectivity index (χ2n) is 7.05. The Labute approximate surface area is 163 Å². The van der Waals surface area contributed by atoms with Crippen LogP contribution in [0.2, 0.25) is 0 Å². The quantitative estimate of drug-likeness (QED) is 0.467. The van der Waals surface area contributed by atoms with Gasteiger partial charge in [-0.3, -0.25) is 4.57 Å². The van der Waals surface area contributed by atoms with Gasteiger partial charge >= 0.3 is 6.03 Å². The summed E-state index contributed by atoms with van der Waals surface area (Å²) in [6, 6.07) is 24.6. The van der Waals surface area contributed by atoms with E-state index in [-0.39, 0.29) is 17.8 Å². The maximum Gasteiger partial charge on any atom is 0.328 e. The Morgan fingerprint density at radius 2 is 1.46 bits per heavy atom. The van der Waals surface area contributed by atoms with Crippen LogP contribution in [0, 0.1) is 5.82 Å². The molecule has 0 bridgehead atoms. The highest BCUT2D eigenvalue weighted by atomic mass is 19.1. The lowest BCUT2D eigenvalue weighted by Gasteiger charge is -2.18. The molecule has 1 heterocycles. The molecular formula is C24H21FN2O. The molecule has 1 amide bonds. The Kier molecular flexibility index (Phi) is 4.70. The number of aromatic nitrogens is 1. The SMILES string of the molecule is CN(C)C(=O)n1cc(C(c2ccccc2)c2ccccc2)c2cc(F)ccc21. The fourth-order valence-electron chi connectivity index (χ4n) is 3.67. The van der Waals surface area contributed by atoms with Gasteiger partial charge in [-0.05, 0) is 34.9 Å². The van der Waals surface area contributed by atoms with E-state index >= 15 is 0 Å². The van der Waals surface area contributed by atoms with E-state index in [1.807, 2.05) is 42.6 Å². The van der Waals surface area contributed by atoms with Crippen molar-refractivity contribution in [3.8, 4) is 0 Å². The van der Waals surface area contributed by atoms with Crippen molar-refractivity contribution in [2.45, 2.75) is 5.92 Å². The molecular weight excluding hydrogens is 351 g/mol. The highest BCUT2D eigenvalue weighted by Gasteiger charge is 2.24. The first kappa shape index (κ1) is 18.0. The van der Waals surface area contributed by atoms with Crippen LogP contribution >= 0.6 is 0 Å². The van der Waals surface area contributed by atoms with Crippen LogP contribution in [0.5, 0.6) is 0 Å². The maximum atomic E-state index is 14.1. The second-order valence-corrected chi connectivity index (χ2v) is 7.05. The molecule has 0 N–H and O–H groups in total. The molecule has 0 unspecified atom stereocenters. The summed E-state index contributed by atoms with van der Waals surface area (Å²) in [6.07, 6.45) is 1.84. The summed E-state index contributed by atoms with van der Waals surface area (Å²) in [7, 11) is 3.42. The average molecular weight is 372 g/mol. The van der Waals surface area contributed by atoms with Crippen molar-refractivity contribution in [3.05, 3.63) is 108 Å². The van der Waals surface area contributed by atoms with Gasteiger partial charge in [0, 0.05) is 31.6 Å². The monoisotopic (exact) mass is 372 g/mol. The first-order chi connectivity index (χ1) is 13.6. The highest BCUT2D eigenvalue weighted by molar-refractivity contribution is 5.94. The number of carbonyl (C=O) groups excluding carboxylic acids is 1. The third-order valence-corrected chi connectivity index (χ3v) is 4.96. The van der Waals surface area contributed by atoms with E-state index in [1.54, 1.807) is 24.7 Å². The fraction of sp³-hybridized carbons (Fsp3) is 0.125. The molecule has 4 rings (SSSR count). The molecule has 0 saturated heterocycles. The van der Waals surface area contributed by atoms with Crippen LogP contribution in [0.15, 0.2) is 85.1 Å². The number of hydrogen-bond acceptors (Lipinski definition) is 1. The van der Waals surface area contributed by atoms with Crippen molar-refractivity contribution in [2.75, 3.05) is 14.1 Å². The summed E-state index contributed by atoms with van der Waals surface area (Å²) < 4.78 is 15.7. The highest BCUT2D eigenvalue weighted by Crippen LogP contribution is 2.37. The summed E-state index contributed by atoms with van der Waals surface area (Å²) in [5.41, 5.74) is 3.79. The minimum atomic E-state index is -0.316. The molecule has 0 aliphatic heterocycles. The molecule has 3 nitrogen and oxygen atoms in total. The average Bonchev–Trinajstić information content (AvgIpc) is 3.07. The normalized spacial score (nSPS) is 11.1. The van der Waals surface area contributed by atoms with Crippen molar-refractivity contribution < 1.29 is 9.18 Å². The minimum Gasteiger partial charge on any atom is -0.330 e. The summed E-state index contributed by atoms with van der Waals surface area (Å²) in [4.78, 5) is 14.3. The predicted molar refractivity (Wildman–Crippen MR) is 110 cm³/mol. The van der Waals surface area contributed by atoms with Gasteiger partial charge < -0.3 is 4.90 Å². The number of amides is 1. The van der Waals surface area contributed by atoms with E-state index in [2.05, 4.69) is 24.3 Å². The van der Waals surface area contributed by atoms with Gasteiger partial charge in [-0.1, -0.05) is 60.7 Å². The van der Waals surface area contributed by atoms with E-state index in [1.165, 1.54) is 17.0 Å². The summed E-state index contributed by atoms with van der Waals surface area (Å²) in [6.45, 7) is 0. The van der Waals surface area contributed by atoms with Gasteiger partial charge in [-0.15, -0.1) is 0 Å². The van der Waals surface area contributed by atoms with Crippen LogP contribution in [0.25, 0.3) is 10.9 Å². The van der Waals surface area contributed by atoms with Crippen LogP contribution in [-0.2, 0) is 0 Å². The number of nitrogens with zero attached hydrogens (tertiary/aromatic N) is 2. The van der Waals surface area contributed by atoms with Gasteiger partial charge in [0.25, 0.3) is 0 Å². The van der Waals surface area contributed by atoms with Crippen molar-refractivity contribution in [3.63, 3.8) is 0 Å². The van der Waals surface area contributed by atoms with Gasteiger partial charge in [0.2, 0.25) is 0 Å². The van der Waals surface area contributed by atoms with E-state index in [0.29, 0.717) is 5.52 Å². The molecule has 0 spiro atoms. The molecule has 0 saturated carbocycles. The van der Waals surface area contributed by atoms with Crippen LogP contribution < -0.4 is 0 Å². The minimum absolute atomic E-state index is 0.108. The van der Waals surface area contributed by atoms with E-state index in [0.717, 1.165) is 22.1 Å². The van der Waals surface area contributed by atoms with Crippen LogP contribution in [0.1, 0.15) is 22.6 Å². The lowest BCUT2D eigenvalue weighted by atomic mass is 9.85. The van der Waals surface area contributed by atoms with Crippen LogP contribution in [-0.4, -0.2) is 29.6 Å². The number of carbonyl (C=O) groups is 1. The summed E-state index contributed by atoms with van der Waals surface area (Å²) in [5.74, 6) is -0.424. The van der Waals surface area contributed by atoms with Gasteiger partial charge in [0.05, 0.1) is 5.52 Å². The Hall–Kier alpha value is -3.40. The molecule has 0 aliphatic carbocycles. The van der Waals surface area contributed by atoms with Crippen LogP contribution in [0.4, 0.5) is 9.18 Å². The molecule has 0 fully saturated rings. The largest absolute Gasteiger partial charge is 0.330 e. The number of hydrogen-bond donors (Lipinski definition) is 0. The van der Waals surface area contributed by atoms with Gasteiger partial charge in [0.15, 0.2) is 0 Å². The number of rotatable bonds is 3. The predicted octanol–water partition coefficient (Wildman–Crippen LogP) is 5.49. The van der Waals surface area contributed by atoms with Crippen molar-refractivity contribution in [1.29, 1.82) is 0 Å². The molecule has 4 heteroatoms. The molecule has 0 radical (unpaired) electrons. The molecule has 140 valence electrons. The lowest BCUT2D eigenvalue weighted by molar-refractivity contribution is 0.220. The van der Waals surface area contributed by atoms with Crippen molar-refractivity contribution >= 4 is 16.9 Å². The van der Waals surface area contributed by atoms with Gasteiger partial charge in [-0.2, -0.15) is 0 Å². The van der Waals surface area contributed by atoms with E-state index in [4.69, 9.17) is 0 Å². The molecule has 0 aliphatic rings. The topological polar surface area (TPSA) is 25.2 Å². The zero-order chi connectivity index (χ0) is 19.7. The fourth-order valence-corrected chi connectivity index (χ4v) is 3.67. The number of halogens is 1. The zero-order valence-electron chi connectivity index (χ0n) is 15.8. The van der Waals surface area contributed by atoms with E-state index in [9.17, 15) is 9.18 Å². The molecule has 1 aromatic heterocycles. The smallest absolute Gasteiger partial charge is 0.328 e. The Balaban J connectivity index is 2.01. The Morgan fingerprint density at radius 3 is 2.00 bits per heavy atom. The standard InChI is InChI=1S/C24H21FN2O/c1-26(2)24(28)27-16-21(20-15-19(25)13-14-22(20)27)23(17-9-5-3-6-10-17)18-11-7-4-8-12-18/h3-16,23H,1-2H3. The molecule has 3 aromatic carbocycles. The maximum absolute atomic E-state index is 14.1. The third kappa shape index (κ3) is 3.18. The third-order valence-electron chi connectivity index (χ3n) is 4.96. The molecule has 4 aromatic rings. The Morgan fingerprint density at radius 1 is 0.893 bits per heavy atom. The first-order valence-electron chi connectivity index (χ1n) is 9.18. The number of benzene rings is 3. The van der Waals surface area contributed by atoms with E-state index < -0.39 is 0 Å². The summed E-state index contributed by atoms with van der Waals surface area (Å²) >= 11 is 0. The Bertz CT molecular complexity index is 1080. The molecule has 0 atom stereocenters. The lowest BCUT2D eigenvalue weighted by Crippen LogP contribution is -2.26. The second kappa shape index (κ2) is 7.31. The van der Waals surface area contributed by atoms with Crippen LogP contribution in [0.3, 0.4) is 0 Å². The zero-order valence-corrected chi connectivity index (χ0v) is 15.8. The summed E-state index contributed by atoms with van der Waals surface area (Å²) in [5, 5.41) is 0.743. The van der Waals surface area contributed by atoms with Crippen molar-refractivity contribution in [2.24, 2.45) is 0 Å². The molecule has 28 heavy (non-hydrogen) atoms. The van der Waals surface area contributed by atoms with Gasteiger partial charge in [0.1, 0.15) is 5.82 Å². The van der Waals surface area contributed by atoms with Crippen molar-refractivity contribution in [1.82, 2.24) is 9.47 Å². The number of fused-ring (bicyclic) bond motifs is 1. The first-order valence-corrected chi connectivity index (χ1v) is 9.18.